The van der Waals surface area contributed by atoms with Gasteiger partial charge in [0, 0.05) is 9.90 Å². The molecule has 4 nitrogen and oxygen atoms in total. The van der Waals surface area contributed by atoms with Crippen molar-refractivity contribution in [2.24, 2.45) is 0 Å². The Balaban J connectivity index is 2.62. The van der Waals surface area contributed by atoms with Crippen LogP contribution in [-0.2, 0) is 17.8 Å². The fourth-order valence-electron chi connectivity index (χ4n) is 1.89. The number of hydrogen-bond donors (Lipinski definition) is 1. The van der Waals surface area contributed by atoms with Gasteiger partial charge in [-0.2, -0.15) is 0 Å². The maximum Gasteiger partial charge on any atom is 0.323 e. The summed E-state index contributed by atoms with van der Waals surface area (Å²) in [6.45, 7) is 1.61. The van der Waals surface area contributed by atoms with Crippen LogP contribution in [0.15, 0.2) is 29.1 Å². The van der Waals surface area contributed by atoms with Crippen molar-refractivity contribution < 1.29 is 9.90 Å². The van der Waals surface area contributed by atoms with Gasteiger partial charge in [-0.25, -0.2) is 0 Å². The average molecular weight is 298 g/mol. The van der Waals surface area contributed by atoms with Crippen LogP contribution in [-0.4, -0.2) is 15.6 Å². The molecule has 0 aliphatic rings. The van der Waals surface area contributed by atoms with E-state index in [9.17, 15) is 9.59 Å². The molecule has 1 heterocycles. The van der Waals surface area contributed by atoms with Gasteiger partial charge in [0.15, 0.2) is 0 Å². The molecule has 1 N–H and O–H groups in total. The zero-order valence-electron chi connectivity index (χ0n) is 10.2. The second kappa shape index (κ2) is 5.59. The number of aryl methyl sites for hydroxylation is 1. The lowest BCUT2D eigenvalue weighted by Gasteiger charge is -2.07. The maximum atomic E-state index is 11.9. The Labute approximate surface area is 118 Å². The number of rotatable bonds is 4. The Morgan fingerprint density at radius 1 is 1.37 bits per heavy atom. The van der Waals surface area contributed by atoms with E-state index in [-0.39, 0.29) is 11.4 Å². The first-order valence-electron chi connectivity index (χ1n) is 5.73. The number of aliphatic carboxylic acids is 1. The molecule has 0 saturated carbocycles. The highest BCUT2D eigenvalue weighted by molar-refractivity contribution is 7.09. The number of nitrogens with zero attached hydrogens (tertiary/aromatic N) is 1. The van der Waals surface area contributed by atoms with Crippen LogP contribution in [0.25, 0.3) is 11.3 Å². The van der Waals surface area contributed by atoms with Crippen molar-refractivity contribution in [3.8, 4) is 11.3 Å². The Morgan fingerprint density at radius 2 is 2.00 bits per heavy atom. The molecule has 2 rings (SSSR count). The highest BCUT2D eigenvalue weighted by Crippen LogP contribution is 2.27. The van der Waals surface area contributed by atoms with E-state index < -0.39 is 5.97 Å². The number of benzene rings is 1. The van der Waals surface area contributed by atoms with Gasteiger partial charge >= 0.3 is 10.8 Å². The number of thiazole rings is 1. The number of carboxylic acids is 1. The fraction of sp³-hybridized carbons (Fsp3) is 0.231. The third kappa shape index (κ3) is 2.88. The first-order chi connectivity index (χ1) is 9.02. The van der Waals surface area contributed by atoms with Crippen LogP contribution in [0.4, 0.5) is 0 Å². The van der Waals surface area contributed by atoms with E-state index in [0.29, 0.717) is 17.1 Å². The molecular weight excluding hydrogens is 286 g/mol. The SMILES string of the molecule is CCc1sc(=O)n(CC(=O)O)c1-c1ccc(Cl)cc1. The number of hydrogen-bond acceptors (Lipinski definition) is 3. The van der Waals surface area contributed by atoms with E-state index in [0.717, 1.165) is 21.8 Å². The van der Waals surface area contributed by atoms with Gasteiger partial charge in [0.1, 0.15) is 6.54 Å². The Morgan fingerprint density at radius 3 is 2.53 bits per heavy atom. The Bertz CT molecular complexity index is 658. The molecule has 2 aromatic rings. The third-order valence-electron chi connectivity index (χ3n) is 2.70. The smallest absolute Gasteiger partial charge is 0.323 e. The summed E-state index contributed by atoms with van der Waals surface area (Å²) in [6.07, 6.45) is 0.685. The minimum atomic E-state index is -1.03. The van der Waals surface area contributed by atoms with Crippen LogP contribution in [0.3, 0.4) is 0 Å². The lowest BCUT2D eigenvalue weighted by molar-refractivity contribution is -0.137. The number of aromatic nitrogens is 1. The van der Waals surface area contributed by atoms with Crippen LogP contribution < -0.4 is 4.87 Å². The zero-order chi connectivity index (χ0) is 14.0. The number of carboxylic acid groups (broad SMARTS) is 1. The van der Waals surface area contributed by atoms with Gasteiger partial charge in [0.25, 0.3) is 0 Å². The molecule has 1 aromatic carbocycles. The van der Waals surface area contributed by atoms with E-state index in [1.54, 1.807) is 24.3 Å². The van der Waals surface area contributed by atoms with Gasteiger partial charge < -0.3 is 5.11 Å². The van der Waals surface area contributed by atoms with E-state index in [2.05, 4.69) is 0 Å². The van der Waals surface area contributed by atoms with Gasteiger partial charge in [0.2, 0.25) is 0 Å². The molecule has 0 aliphatic carbocycles. The van der Waals surface area contributed by atoms with Crippen molar-refractivity contribution in [2.45, 2.75) is 19.9 Å². The summed E-state index contributed by atoms with van der Waals surface area (Å²) in [5, 5.41) is 9.51. The van der Waals surface area contributed by atoms with Crippen molar-refractivity contribution >= 4 is 28.9 Å². The molecule has 6 heteroatoms. The van der Waals surface area contributed by atoms with Crippen molar-refractivity contribution in [1.29, 1.82) is 0 Å². The minimum Gasteiger partial charge on any atom is -0.480 e. The molecular formula is C13H12ClNO3S. The van der Waals surface area contributed by atoms with Crippen LogP contribution in [0.5, 0.6) is 0 Å². The molecule has 0 saturated heterocycles. The van der Waals surface area contributed by atoms with Crippen LogP contribution in [0.1, 0.15) is 11.8 Å². The van der Waals surface area contributed by atoms with E-state index in [1.807, 2.05) is 6.92 Å². The largest absolute Gasteiger partial charge is 0.480 e. The molecule has 0 atom stereocenters. The summed E-state index contributed by atoms with van der Waals surface area (Å²) < 4.78 is 1.30. The molecule has 0 spiro atoms. The molecule has 19 heavy (non-hydrogen) atoms. The molecule has 0 aliphatic heterocycles. The lowest BCUT2D eigenvalue weighted by Crippen LogP contribution is -2.19. The Hall–Kier alpha value is -1.59. The molecule has 0 amide bonds. The Kier molecular flexibility index (Phi) is 4.07. The second-order valence-electron chi connectivity index (χ2n) is 3.98. The third-order valence-corrected chi connectivity index (χ3v) is 4.07. The van der Waals surface area contributed by atoms with Crippen molar-refractivity contribution in [2.75, 3.05) is 0 Å². The molecule has 0 bridgehead atoms. The summed E-state index contributed by atoms with van der Waals surface area (Å²) in [5.74, 6) is -1.03. The van der Waals surface area contributed by atoms with E-state index in [4.69, 9.17) is 16.7 Å². The van der Waals surface area contributed by atoms with Crippen LogP contribution in [0, 0.1) is 0 Å². The fourth-order valence-corrected chi connectivity index (χ4v) is 2.97. The monoisotopic (exact) mass is 297 g/mol. The predicted octanol–water partition coefficient (Wildman–Crippen LogP) is 2.88. The molecule has 0 radical (unpaired) electrons. The summed E-state index contributed by atoms with van der Waals surface area (Å²) in [5.41, 5.74) is 1.48. The summed E-state index contributed by atoms with van der Waals surface area (Å²) in [7, 11) is 0. The van der Waals surface area contributed by atoms with Gasteiger partial charge in [-0.3, -0.25) is 14.2 Å². The summed E-state index contributed by atoms with van der Waals surface area (Å²) in [4.78, 5) is 23.4. The van der Waals surface area contributed by atoms with Gasteiger partial charge in [-0.1, -0.05) is 42.0 Å². The normalized spacial score (nSPS) is 10.6. The first kappa shape index (κ1) is 13.8. The lowest BCUT2D eigenvalue weighted by atomic mass is 10.1. The highest BCUT2D eigenvalue weighted by Gasteiger charge is 2.17. The van der Waals surface area contributed by atoms with Gasteiger partial charge in [-0.05, 0) is 24.1 Å². The zero-order valence-corrected chi connectivity index (χ0v) is 11.8. The highest BCUT2D eigenvalue weighted by atomic mass is 35.5. The second-order valence-corrected chi connectivity index (χ2v) is 5.46. The van der Waals surface area contributed by atoms with Crippen LogP contribution >= 0.6 is 22.9 Å². The van der Waals surface area contributed by atoms with Crippen molar-refractivity contribution in [3.63, 3.8) is 0 Å². The predicted molar refractivity (Wildman–Crippen MR) is 76.0 cm³/mol. The molecule has 100 valence electrons. The maximum absolute atomic E-state index is 11.9. The molecule has 0 fully saturated rings. The number of carbonyl (C=O) groups is 1. The van der Waals surface area contributed by atoms with E-state index in [1.165, 1.54) is 4.57 Å². The molecule has 1 aromatic heterocycles. The van der Waals surface area contributed by atoms with Gasteiger partial charge in [0.05, 0.1) is 5.69 Å². The minimum absolute atomic E-state index is 0.246. The standard InChI is InChI=1S/C13H12ClNO3S/c1-2-10-12(8-3-5-9(14)6-4-8)15(7-11(16)17)13(18)19-10/h3-6H,2,7H2,1H3,(H,16,17). The van der Waals surface area contributed by atoms with Gasteiger partial charge in [-0.15, -0.1) is 0 Å². The topological polar surface area (TPSA) is 59.3 Å². The summed E-state index contributed by atoms with van der Waals surface area (Å²) >= 11 is 6.94. The van der Waals surface area contributed by atoms with Crippen molar-refractivity contribution in [1.82, 2.24) is 4.57 Å². The quantitative estimate of drug-likeness (QED) is 0.944. The number of halogens is 1. The van der Waals surface area contributed by atoms with Crippen LogP contribution in [0.2, 0.25) is 5.02 Å². The summed E-state index contributed by atoms with van der Waals surface area (Å²) in [6, 6.07) is 7.04. The average Bonchev–Trinajstić information content (AvgIpc) is 2.67. The van der Waals surface area contributed by atoms with Crippen molar-refractivity contribution in [3.05, 3.63) is 43.8 Å². The molecule has 0 unspecified atom stereocenters. The van der Waals surface area contributed by atoms with E-state index >= 15 is 0 Å². The first-order valence-corrected chi connectivity index (χ1v) is 6.92.